The van der Waals surface area contributed by atoms with Crippen LogP contribution in [-0.4, -0.2) is 32.8 Å². The van der Waals surface area contributed by atoms with E-state index in [-0.39, 0.29) is 5.91 Å². The molecule has 2 heterocycles. The van der Waals surface area contributed by atoms with Gasteiger partial charge in [0.1, 0.15) is 0 Å². The van der Waals surface area contributed by atoms with E-state index in [1.807, 2.05) is 60.8 Å². The Kier molecular flexibility index (Phi) is 4.93. The van der Waals surface area contributed by atoms with E-state index in [0.29, 0.717) is 18.1 Å². The number of para-hydroxylation sites is 1. The second-order valence-electron chi connectivity index (χ2n) is 6.46. The number of nitrogens with zero attached hydrogens (tertiary/aromatic N) is 4. The molecule has 0 saturated carbocycles. The van der Waals surface area contributed by atoms with Crippen molar-refractivity contribution in [2.24, 2.45) is 0 Å². The van der Waals surface area contributed by atoms with Gasteiger partial charge in [-0.15, -0.1) is 0 Å². The van der Waals surface area contributed by atoms with Crippen LogP contribution in [0.4, 0.5) is 11.6 Å². The first-order valence-electron chi connectivity index (χ1n) is 8.92. The molecule has 0 radical (unpaired) electrons. The zero-order valence-corrected chi connectivity index (χ0v) is 15.4. The summed E-state index contributed by atoms with van der Waals surface area (Å²) >= 11 is 0. The van der Waals surface area contributed by atoms with Crippen LogP contribution in [0.1, 0.15) is 15.9 Å². The number of benzene rings is 2. The lowest BCUT2D eigenvalue weighted by Crippen LogP contribution is -2.26. The highest BCUT2D eigenvalue weighted by molar-refractivity contribution is 5.94. The second-order valence-corrected chi connectivity index (χ2v) is 6.46. The number of amides is 1. The first-order valence-corrected chi connectivity index (χ1v) is 8.92. The van der Waals surface area contributed by atoms with Crippen LogP contribution in [-0.2, 0) is 6.54 Å². The van der Waals surface area contributed by atoms with Gasteiger partial charge in [0, 0.05) is 49.5 Å². The number of fused-ring (bicyclic) bond motifs is 1. The zero-order chi connectivity index (χ0) is 19.3. The molecule has 2 aromatic carbocycles. The lowest BCUT2D eigenvalue weighted by molar-refractivity contribution is 0.0785. The smallest absolute Gasteiger partial charge is 0.257 e. The van der Waals surface area contributed by atoms with E-state index in [1.165, 1.54) is 0 Å². The Morgan fingerprint density at radius 3 is 2.54 bits per heavy atom. The summed E-state index contributed by atoms with van der Waals surface area (Å²) in [5.41, 5.74) is 2.41. The third kappa shape index (κ3) is 3.81. The van der Waals surface area contributed by atoms with Crippen molar-refractivity contribution >= 4 is 28.3 Å². The van der Waals surface area contributed by atoms with Gasteiger partial charge in [-0.2, -0.15) is 0 Å². The normalized spacial score (nSPS) is 10.6. The highest BCUT2D eigenvalue weighted by atomic mass is 16.2. The average molecular weight is 369 g/mol. The van der Waals surface area contributed by atoms with Crippen LogP contribution < -0.4 is 5.32 Å². The molecule has 1 amide bonds. The maximum atomic E-state index is 12.8. The van der Waals surface area contributed by atoms with Crippen molar-refractivity contribution < 1.29 is 4.79 Å². The third-order valence-electron chi connectivity index (χ3n) is 4.45. The summed E-state index contributed by atoms with van der Waals surface area (Å²) in [6.45, 7) is 0.490. The van der Waals surface area contributed by atoms with Crippen LogP contribution in [0.2, 0.25) is 0 Å². The fourth-order valence-corrected chi connectivity index (χ4v) is 3.03. The molecule has 4 aromatic rings. The average Bonchev–Trinajstić information content (AvgIpc) is 2.75. The standard InChI is InChI=1S/C22H19N5O/c1-27(15-17-7-5-6-16-12-23-11-10-20(16)17)21(28)18-13-24-22(25-14-18)26-19-8-3-2-4-9-19/h2-14H,15H2,1H3,(H,24,25,26). The fourth-order valence-electron chi connectivity index (χ4n) is 3.03. The first kappa shape index (κ1) is 17.6. The number of aromatic nitrogens is 3. The van der Waals surface area contributed by atoms with Crippen LogP contribution in [0.25, 0.3) is 10.8 Å². The number of anilines is 2. The maximum Gasteiger partial charge on any atom is 0.257 e. The van der Waals surface area contributed by atoms with E-state index >= 15 is 0 Å². The van der Waals surface area contributed by atoms with E-state index in [4.69, 9.17) is 0 Å². The fraction of sp³-hybridized carbons (Fsp3) is 0.0909. The Balaban J connectivity index is 1.47. The van der Waals surface area contributed by atoms with Gasteiger partial charge >= 0.3 is 0 Å². The number of nitrogens with one attached hydrogen (secondary N) is 1. The molecular weight excluding hydrogens is 350 g/mol. The van der Waals surface area contributed by atoms with Crippen molar-refractivity contribution in [3.8, 4) is 0 Å². The highest BCUT2D eigenvalue weighted by Crippen LogP contribution is 2.19. The molecule has 0 aliphatic heterocycles. The Morgan fingerprint density at radius 2 is 1.75 bits per heavy atom. The van der Waals surface area contributed by atoms with Gasteiger partial charge in [-0.1, -0.05) is 36.4 Å². The van der Waals surface area contributed by atoms with E-state index < -0.39 is 0 Å². The summed E-state index contributed by atoms with van der Waals surface area (Å²) in [5, 5.41) is 5.26. The van der Waals surface area contributed by atoms with E-state index in [1.54, 1.807) is 30.5 Å². The Bertz CT molecular complexity index is 1090. The van der Waals surface area contributed by atoms with Crippen molar-refractivity contribution in [2.75, 3.05) is 12.4 Å². The molecule has 6 nitrogen and oxygen atoms in total. The second kappa shape index (κ2) is 7.84. The molecule has 28 heavy (non-hydrogen) atoms. The molecule has 0 atom stereocenters. The van der Waals surface area contributed by atoms with Gasteiger partial charge in [0.15, 0.2) is 0 Å². The number of carbonyl (C=O) groups excluding carboxylic acids is 1. The van der Waals surface area contributed by atoms with Gasteiger partial charge in [-0.05, 0) is 29.1 Å². The van der Waals surface area contributed by atoms with Crippen molar-refractivity contribution in [3.05, 3.63) is 90.5 Å². The van der Waals surface area contributed by atoms with E-state index in [2.05, 4.69) is 20.3 Å². The molecule has 0 saturated heterocycles. The van der Waals surface area contributed by atoms with Crippen molar-refractivity contribution in [1.82, 2.24) is 19.9 Å². The molecule has 0 aliphatic carbocycles. The van der Waals surface area contributed by atoms with Gasteiger partial charge in [-0.25, -0.2) is 9.97 Å². The largest absolute Gasteiger partial charge is 0.337 e. The molecule has 4 rings (SSSR count). The molecule has 6 heteroatoms. The van der Waals surface area contributed by atoms with Crippen LogP contribution in [0, 0.1) is 0 Å². The zero-order valence-electron chi connectivity index (χ0n) is 15.4. The Labute approximate surface area is 162 Å². The summed E-state index contributed by atoms with van der Waals surface area (Å²) in [7, 11) is 1.78. The molecule has 1 N–H and O–H groups in total. The van der Waals surface area contributed by atoms with Gasteiger partial charge in [0.25, 0.3) is 5.91 Å². The molecular formula is C22H19N5O. The molecule has 0 fully saturated rings. The summed E-state index contributed by atoms with van der Waals surface area (Å²) in [5.74, 6) is 0.323. The van der Waals surface area contributed by atoms with Crippen LogP contribution in [0.15, 0.2) is 79.4 Å². The van der Waals surface area contributed by atoms with Gasteiger partial charge in [0.2, 0.25) is 5.95 Å². The van der Waals surface area contributed by atoms with E-state index in [0.717, 1.165) is 22.0 Å². The first-order chi connectivity index (χ1) is 13.7. The van der Waals surface area contributed by atoms with Crippen molar-refractivity contribution in [2.45, 2.75) is 6.54 Å². The lowest BCUT2D eigenvalue weighted by atomic mass is 10.1. The quantitative estimate of drug-likeness (QED) is 0.575. The SMILES string of the molecule is CN(Cc1cccc2cnccc12)C(=O)c1cnc(Nc2ccccc2)nc1. The van der Waals surface area contributed by atoms with Gasteiger partial charge < -0.3 is 10.2 Å². The lowest BCUT2D eigenvalue weighted by Gasteiger charge is -2.18. The number of pyridine rings is 1. The summed E-state index contributed by atoms with van der Waals surface area (Å²) in [4.78, 5) is 27.1. The minimum absolute atomic E-state index is 0.127. The maximum absolute atomic E-state index is 12.8. The van der Waals surface area contributed by atoms with E-state index in [9.17, 15) is 4.79 Å². The molecule has 0 spiro atoms. The molecule has 138 valence electrons. The molecule has 2 aromatic heterocycles. The molecule has 0 unspecified atom stereocenters. The number of hydrogen-bond acceptors (Lipinski definition) is 5. The summed E-state index contributed by atoms with van der Waals surface area (Å²) in [6, 6.07) is 17.6. The van der Waals surface area contributed by atoms with Gasteiger partial charge in [0.05, 0.1) is 5.56 Å². The Hall–Kier alpha value is -3.80. The van der Waals surface area contributed by atoms with Crippen LogP contribution >= 0.6 is 0 Å². The summed E-state index contributed by atoms with van der Waals surface area (Å²) in [6.07, 6.45) is 6.68. The monoisotopic (exact) mass is 369 g/mol. The number of carbonyl (C=O) groups is 1. The van der Waals surface area contributed by atoms with Crippen LogP contribution in [0.3, 0.4) is 0 Å². The van der Waals surface area contributed by atoms with Crippen molar-refractivity contribution in [3.63, 3.8) is 0 Å². The topological polar surface area (TPSA) is 71.0 Å². The Morgan fingerprint density at radius 1 is 0.964 bits per heavy atom. The number of rotatable bonds is 5. The van der Waals surface area contributed by atoms with Crippen molar-refractivity contribution in [1.29, 1.82) is 0 Å². The molecule has 0 aliphatic rings. The minimum atomic E-state index is -0.127. The highest BCUT2D eigenvalue weighted by Gasteiger charge is 2.14. The number of hydrogen-bond donors (Lipinski definition) is 1. The predicted octanol–water partition coefficient (Wildman–Crippen LogP) is 4.04. The van der Waals surface area contributed by atoms with Crippen LogP contribution in [0.5, 0.6) is 0 Å². The van der Waals surface area contributed by atoms with Gasteiger partial charge in [-0.3, -0.25) is 9.78 Å². The summed E-state index contributed by atoms with van der Waals surface area (Å²) < 4.78 is 0. The minimum Gasteiger partial charge on any atom is -0.337 e. The third-order valence-corrected chi connectivity index (χ3v) is 4.45. The molecule has 0 bridgehead atoms. The predicted molar refractivity (Wildman–Crippen MR) is 109 cm³/mol.